The summed E-state index contributed by atoms with van der Waals surface area (Å²) in [6.07, 6.45) is -1.26. The van der Waals surface area contributed by atoms with Gasteiger partial charge in [-0.2, -0.15) is 13.2 Å². The molecule has 1 fully saturated rings. The Morgan fingerprint density at radius 1 is 1.18 bits per heavy atom. The number of nitrogens with zero attached hydrogens (tertiary/aromatic N) is 1. The van der Waals surface area contributed by atoms with Crippen molar-refractivity contribution in [3.63, 3.8) is 0 Å². The molecule has 0 atom stereocenters. The maximum Gasteiger partial charge on any atom is 0.391 e. The molecule has 0 aromatic heterocycles. The van der Waals surface area contributed by atoms with Crippen LogP contribution < -0.4 is 5.32 Å². The van der Waals surface area contributed by atoms with E-state index in [0.29, 0.717) is 13.1 Å². The molecule has 102 valence electrons. The third-order valence-corrected chi connectivity index (χ3v) is 3.38. The number of unbranched alkanes of at least 4 members (excludes halogenated alkanes) is 1. The highest BCUT2D eigenvalue weighted by atomic mass is 19.4. The number of nitrogens with one attached hydrogen (secondary N) is 1. The van der Waals surface area contributed by atoms with Crippen LogP contribution in [0.2, 0.25) is 0 Å². The van der Waals surface area contributed by atoms with E-state index in [9.17, 15) is 13.2 Å². The van der Waals surface area contributed by atoms with Gasteiger partial charge < -0.3 is 10.2 Å². The quantitative estimate of drug-likeness (QED) is 0.731. The van der Waals surface area contributed by atoms with E-state index >= 15 is 0 Å². The van der Waals surface area contributed by atoms with Crippen molar-refractivity contribution >= 4 is 0 Å². The summed E-state index contributed by atoms with van der Waals surface area (Å²) in [6.45, 7) is 6.21. The van der Waals surface area contributed by atoms with Crippen LogP contribution in [0.1, 0.15) is 32.6 Å². The van der Waals surface area contributed by atoms with Crippen molar-refractivity contribution < 1.29 is 13.2 Å². The van der Waals surface area contributed by atoms with Crippen molar-refractivity contribution in [2.75, 3.05) is 32.7 Å². The van der Waals surface area contributed by atoms with Gasteiger partial charge in [0.2, 0.25) is 0 Å². The van der Waals surface area contributed by atoms with Gasteiger partial charge in [-0.25, -0.2) is 0 Å². The predicted molar refractivity (Wildman–Crippen MR) is 63.0 cm³/mol. The summed E-state index contributed by atoms with van der Waals surface area (Å²) in [7, 11) is 0. The summed E-state index contributed by atoms with van der Waals surface area (Å²) in [5, 5.41) is 3.25. The van der Waals surface area contributed by atoms with Gasteiger partial charge in [0.05, 0.1) is 5.92 Å². The third-order valence-electron chi connectivity index (χ3n) is 3.38. The Morgan fingerprint density at radius 2 is 1.82 bits per heavy atom. The largest absolute Gasteiger partial charge is 0.391 e. The molecule has 0 amide bonds. The van der Waals surface area contributed by atoms with E-state index in [2.05, 4.69) is 17.1 Å². The van der Waals surface area contributed by atoms with Crippen molar-refractivity contribution in [3.8, 4) is 0 Å². The summed E-state index contributed by atoms with van der Waals surface area (Å²) in [4.78, 5) is 2.16. The average molecular weight is 252 g/mol. The molecule has 1 saturated heterocycles. The second kappa shape index (κ2) is 7.21. The van der Waals surface area contributed by atoms with Crippen LogP contribution in [0.15, 0.2) is 0 Å². The van der Waals surface area contributed by atoms with E-state index in [1.807, 2.05) is 0 Å². The minimum atomic E-state index is -3.99. The highest BCUT2D eigenvalue weighted by Gasteiger charge is 2.40. The van der Waals surface area contributed by atoms with Gasteiger partial charge in [0.25, 0.3) is 0 Å². The van der Waals surface area contributed by atoms with Crippen LogP contribution in [0.25, 0.3) is 0 Å². The summed E-state index contributed by atoms with van der Waals surface area (Å²) < 4.78 is 37.3. The van der Waals surface area contributed by atoms with Crippen molar-refractivity contribution in [1.29, 1.82) is 0 Å². The Kier molecular flexibility index (Phi) is 6.27. The molecule has 0 saturated carbocycles. The van der Waals surface area contributed by atoms with Gasteiger partial charge in [-0.05, 0) is 58.4 Å². The van der Waals surface area contributed by atoms with Crippen molar-refractivity contribution in [2.24, 2.45) is 5.92 Å². The zero-order valence-corrected chi connectivity index (χ0v) is 10.5. The minimum absolute atomic E-state index is 0.275. The van der Waals surface area contributed by atoms with Crippen LogP contribution in [-0.4, -0.2) is 43.8 Å². The molecule has 0 bridgehead atoms. The zero-order valence-electron chi connectivity index (χ0n) is 10.5. The highest BCUT2D eigenvalue weighted by molar-refractivity contribution is 4.76. The van der Waals surface area contributed by atoms with Crippen LogP contribution in [0.5, 0.6) is 0 Å². The van der Waals surface area contributed by atoms with Gasteiger partial charge in [-0.1, -0.05) is 6.92 Å². The van der Waals surface area contributed by atoms with Crippen LogP contribution >= 0.6 is 0 Å². The molecule has 0 aromatic rings. The zero-order chi connectivity index (χ0) is 12.7. The van der Waals surface area contributed by atoms with Gasteiger partial charge in [0.1, 0.15) is 0 Å². The monoisotopic (exact) mass is 252 g/mol. The van der Waals surface area contributed by atoms with Crippen LogP contribution in [-0.2, 0) is 0 Å². The maximum absolute atomic E-state index is 12.4. The molecule has 5 heteroatoms. The van der Waals surface area contributed by atoms with E-state index in [0.717, 1.165) is 32.5 Å². The third kappa shape index (κ3) is 5.73. The molecule has 0 radical (unpaired) electrons. The molecule has 17 heavy (non-hydrogen) atoms. The van der Waals surface area contributed by atoms with E-state index < -0.39 is 12.1 Å². The van der Waals surface area contributed by atoms with Crippen LogP contribution in [0.4, 0.5) is 13.2 Å². The number of hydrogen-bond donors (Lipinski definition) is 1. The number of rotatable bonds is 6. The Labute approximate surface area is 102 Å². The Balaban J connectivity index is 2.07. The lowest BCUT2D eigenvalue weighted by Gasteiger charge is -2.32. The highest BCUT2D eigenvalue weighted by Crippen LogP contribution is 2.33. The van der Waals surface area contributed by atoms with Gasteiger partial charge in [0.15, 0.2) is 0 Å². The molecule has 1 N–H and O–H groups in total. The normalized spacial score (nSPS) is 19.8. The Bertz CT molecular complexity index is 198. The van der Waals surface area contributed by atoms with Crippen molar-refractivity contribution in [2.45, 2.75) is 38.8 Å². The van der Waals surface area contributed by atoms with Crippen molar-refractivity contribution in [3.05, 3.63) is 0 Å². The SMILES string of the molecule is CCNCCCCN1CCC(C(F)(F)F)CC1. The molecule has 1 aliphatic rings. The molecule has 1 aliphatic heterocycles. The second-order valence-electron chi connectivity index (χ2n) is 4.72. The number of likely N-dealkylation sites (tertiary alicyclic amines) is 1. The van der Waals surface area contributed by atoms with Crippen LogP contribution in [0, 0.1) is 5.92 Å². The average Bonchev–Trinajstić information content (AvgIpc) is 2.28. The lowest BCUT2D eigenvalue weighted by Crippen LogP contribution is -2.39. The molecular formula is C12H23F3N2. The molecule has 0 aromatic carbocycles. The lowest BCUT2D eigenvalue weighted by molar-refractivity contribution is -0.185. The van der Waals surface area contributed by atoms with E-state index in [4.69, 9.17) is 0 Å². The molecule has 1 heterocycles. The Morgan fingerprint density at radius 3 is 2.35 bits per heavy atom. The lowest BCUT2D eigenvalue weighted by atomic mass is 9.96. The van der Waals surface area contributed by atoms with E-state index in [-0.39, 0.29) is 12.8 Å². The second-order valence-corrected chi connectivity index (χ2v) is 4.72. The van der Waals surface area contributed by atoms with Gasteiger partial charge in [-0.3, -0.25) is 0 Å². The molecule has 0 unspecified atom stereocenters. The number of hydrogen-bond acceptors (Lipinski definition) is 2. The topological polar surface area (TPSA) is 15.3 Å². The maximum atomic E-state index is 12.4. The summed E-state index contributed by atoms with van der Waals surface area (Å²) in [5.41, 5.74) is 0. The first kappa shape index (κ1) is 14.8. The first-order chi connectivity index (χ1) is 8.04. The van der Waals surface area contributed by atoms with Gasteiger partial charge in [-0.15, -0.1) is 0 Å². The molecule has 2 nitrogen and oxygen atoms in total. The number of alkyl halides is 3. The Hall–Kier alpha value is -0.290. The van der Waals surface area contributed by atoms with Gasteiger partial charge in [0, 0.05) is 0 Å². The smallest absolute Gasteiger partial charge is 0.317 e. The number of piperidine rings is 1. The fourth-order valence-corrected chi connectivity index (χ4v) is 2.25. The van der Waals surface area contributed by atoms with E-state index in [1.165, 1.54) is 0 Å². The molecule has 1 rings (SSSR count). The summed E-state index contributed by atoms with van der Waals surface area (Å²) in [6, 6.07) is 0. The molecule has 0 spiro atoms. The standard InChI is InChI=1S/C12H23F3N2/c1-2-16-7-3-4-8-17-9-5-11(6-10-17)12(13,14)15/h11,16H,2-10H2,1H3. The molecule has 0 aliphatic carbocycles. The minimum Gasteiger partial charge on any atom is -0.317 e. The summed E-state index contributed by atoms with van der Waals surface area (Å²) >= 11 is 0. The number of halogens is 3. The first-order valence-corrected chi connectivity index (χ1v) is 6.54. The fourth-order valence-electron chi connectivity index (χ4n) is 2.25. The summed E-state index contributed by atoms with van der Waals surface area (Å²) in [5.74, 6) is -1.07. The van der Waals surface area contributed by atoms with Crippen molar-refractivity contribution in [1.82, 2.24) is 10.2 Å². The first-order valence-electron chi connectivity index (χ1n) is 6.54. The van der Waals surface area contributed by atoms with Gasteiger partial charge >= 0.3 is 6.18 Å². The molecular weight excluding hydrogens is 229 g/mol. The van der Waals surface area contributed by atoms with E-state index in [1.54, 1.807) is 0 Å². The van der Waals surface area contributed by atoms with Crippen LogP contribution in [0.3, 0.4) is 0 Å². The fraction of sp³-hybridized carbons (Fsp3) is 1.00. The predicted octanol–water partition coefficient (Wildman–Crippen LogP) is 2.65.